The van der Waals surface area contributed by atoms with Gasteiger partial charge in [0.1, 0.15) is 6.04 Å². The first kappa shape index (κ1) is 10.7. The predicted octanol–water partition coefficient (Wildman–Crippen LogP) is 0.167. The van der Waals surface area contributed by atoms with Gasteiger partial charge in [0.2, 0.25) is 0 Å². The van der Waals surface area contributed by atoms with Gasteiger partial charge in [-0.25, -0.2) is 4.79 Å². The van der Waals surface area contributed by atoms with Gasteiger partial charge in [-0.1, -0.05) is 0 Å². The maximum atomic E-state index is 10.9. The first-order valence-electron chi connectivity index (χ1n) is 3.73. The van der Waals surface area contributed by atoms with Crippen LogP contribution in [0.5, 0.6) is 0 Å². The highest BCUT2D eigenvalue weighted by atomic mass is 16.4. The predicted molar refractivity (Wildman–Crippen MR) is 43.9 cm³/mol. The number of carbonyl (C=O) groups is 2. The quantitative estimate of drug-likeness (QED) is 0.570. The van der Waals surface area contributed by atoms with Gasteiger partial charge in [0.05, 0.1) is 0 Å². The number of nitrogens with one attached hydrogen (secondary N) is 2. The molecular formula is C7H14N2O3. The fraction of sp³-hybridized carbons (Fsp3) is 0.714. The lowest BCUT2D eigenvalue weighted by atomic mass is 10.3. The summed E-state index contributed by atoms with van der Waals surface area (Å²) in [5.41, 5.74) is 0. The van der Waals surface area contributed by atoms with Crippen LogP contribution in [0.4, 0.5) is 4.79 Å². The monoisotopic (exact) mass is 174 g/mol. The third-order valence-electron chi connectivity index (χ3n) is 1.14. The Balaban J connectivity index is 3.77. The molecule has 0 aliphatic carbocycles. The molecule has 0 aliphatic rings. The van der Waals surface area contributed by atoms with E-state index in [1.54, 1.807) is 13.8 Å². The summed E-state index contributed by atoms with van der Waals surface area (Å²) in [4.78, 5) is 21.2. The lowest BCUT2D eigenvalue weighted by Gasteiger charge is -2.12. The van der Waals surface area contributed by atoms with Crippen molar-refractivity contribution in [1.29, 1.82) is 0 Å². The van der Waals surface area contributed by atoms with Crippen LogP contribution in [0.2, 0.25) is 0 Å². The van der Waals surface area contributed by atoms with Crippen molar-refractivity contribution in [2.75, 3.05) is 0 Å². The molecule has 3 N–H and O–H groups in total. The fourth-order valence-electron chi connectivity index (χ4n) is 0.562. The minimum Gasteiger partial charge on any atom is -0.480 e. The second kappa shape index (κ2) is 4.58. The lowest BCUT2D eigenvalue weighted by molar-refractivity contribution is -0.138. The molecule has 0 fully saturated rings. The Labute approximate surface area is 71.1 Å². The van der Waals surface area contributed by atoms with Crippen LogP contribution in [-0.4, -0.2) is 29.2 Å². The van der Waals surface area contributed by atoms with Gasteiger partial charge in [-0.05, 0) is 20.8 Å². The molecule has 0 spiro atoms. The van der Waals surface area contributed by atoms with E-state index in [-0.39, 0.29) is 6.04 Å². The van der Waals surface area contributed by atoms with E-state index in [2.05, 4.69) is 10.6 Å². The van der Waals surface area contributed by atoms with Gasteiger partial charge in [-0.3, -0.25) is 4.79 Å². The van der Waals surface area contributed by atoms with Crippen LogP contribution in [0.3, 0.4) is 0 Å². The third kappa shape index (κ3) is 4.54. The Morgan fingerprint density at radius 2 is 1.67 bits per heavy atom. The number of urea groups is 1. The number of hydrogen-bond donors (Lipinski definition) is 3. The molecule has 1 atom stereocenters. The van der Waals surface area contributed by atoms with Crippen LogP contribution in [0.1, 0.15) is 20.8 Å². The van der Waals surface area contributed by atoms with Gasteiger partial charge in [0, 0.05) is 6.04 Å². The number of aliphatic carboxylic acids is 1. The summed E-state index contributed by atoms with van der Waals surface area (Å²) in [6, 6.07) is -1.31. The fourth-order valence-corrected chi connectivity index (χ4v) is 0.562. The summed E-state index contributed by atoms with van der Waals surface area (Å²) in [7, 11) is 0. The summed E-state index contributed by atoms with van der Waals surface area (Å²) >= 11 is 0. The first-order chi connectivity index (χ1) is 5.43. The number of amides is 2. The van der Waals surface area contributed by atoms with Gasteiger partial charge >= 0.3 is 12.0 Å². The maximum absolute atomic E-state index is 10.9. The molecule has 0 saturated carbocycles. The van der Waals surface area contributed by atoms with Crippen molar-refractivity contribution >= 4 is 12.0 Å². The van der Waals surface area contributed by atoms with E-state index in [1.165, 1.54) is 6.92 Å². The topological polar surface area (TPSA) is 78.4 Å². The van der Waals surface area contributed by atoms with Crippen LogP contribution in [-0.2, 0) is 4.79 Å². The van der Waals surface area contributed by atoms with E-state index in [0.717, 1.165) is 0 Å². The Hall–Kier alpha value is -1.26. The third-order valence-corrected chi connectivity index (χ3v) is 1.14. The second-order valence-electron chi connectivity index (χ2n) is 2.83. The van der Waals surface area contributed by atoms with Crippen molar-refractivity contribution in [3.63, 3.8) is 0 Å². The molecule has 0 bridgehead atoms. The van der Waals surface area contributed by atoms with Crippen molar-refractivity contribution in [3.8, 4) is 0 Å². The van der Waals surface area contributed by atoms with Gasteiger partial charge in [-0.2, -0.15) is 0 Å². The van der Waals surface area contributed by atoms with Crippen molar-refractivity contribution in [1.82, 2.24) is 10.6 Å². The van der Waals surface area contributed by atoms with Gasteiger partial charge < -0.3 is 15.7 Å². The normalized spacial score (nSPS) is 12.3. The number of carbonyl (C=O) groups excluding carboxylic acids is 1. The van der Waals surface area contributed by atoms with Crippen LogP contribution in [0.25, 0.3) is 0 Å². The van der Waals surface area contributed by atoms with E-state index >= 15 is 0 Å². The molecule has 0 heterocycles. The minimum absolute atomic E-state index is 0.00555. The summed E-state index contributed by atoms with van der Waals surface area (Å²) in [5.74, 6) is -1.05. The molecule has 0 aliphatic heterocycles. The van der Waals surface area contributed by atoms with Crippen LogP contribution in [0.15, 0.2) is 0 Å². The molecule has 2 amide bonds. The lowest BCUT2D eigenvalue weighted by Crippen LogP contribution is -2.46. The molecule has 12 heavy (non-hydrogen) atoms. The molecule has 0 aromatic carbocycles. The van der Waals surface area contributed by atoms with Crippen molar-refractivity contribution in [2.45, 2.75) is 32.9 Å². The van der Waals surface area contributed by atoms with E-state index in [9.17, 15) is 9.59 Å². The smallest absolute Gasteiger partial charge is 0.325 e. The van der Waals surface area contributed by atoms with Crippen molar-refractivity contribution < 1.29 is 14.7 Å². The Kier molecular flexibility index (Phi) is 4.10. The van der Waals surface area contributed by atoms with Crippen molar-refractivity contribution in [3.05, 3.63) is 0 Å². The average Bonchev–Trinajstić information content (AvgIpc) is 1.84. The Bertz CT molecular complexity index is 179. The SMILES string of the molecule is CC(C)NC(=O)N[C@H](C)C(=O)O. The zero-order valence-electron chi connectivity index (χ0n) is 7.42. The highest BCUT2D eigenvalue weighted by Gasteiger charge is 2.13. The van der Waals surface area contributed by atoms with E-state index in [1.807, 2.05) is 0 Å². The number of carboxylic acids is 1. The molecule has 0 aromatic heterocycles. The standard InChI is InChI=1S/C7H14N2O3/c1-4(2)8-7(12)9-5(3)6(10)11/h4-5H,1-3H3,(H,10,11)(H2,8,9,12)/t5-/m1/s1. The van der Waals surface area contributed by atoms with Crippen LogP contribution < -0.4 is 10.6 Å². The molecule has 5 nitrogen and oxygen atoms in total. The number of hydrogen-bond acceptors (Lipinski definition) is 2. The van der Waals surface area contributed by atoms with Crippen molar-refractivity contribution in [2.24, 2.45) is 0 Å². The Morgan fingerprint density at radius 1 is 1.17 bits per heavy atom. The number of rotatable bonds is 3. The number of carboxylic acid groups (broad SMARTS) is 1. The maximum Gasteiger partial charge on any atom is 0.325 e. The molecule has 0 radical (unpaired) electrons. The highest BCUT2D eigenvalue weighted by Crippen LogP contribution is 1.82. The molecule has 5 heteroatoms. The highest BCUT2D eigenvalue weighted by molar-refractivity contribution is 5.82. The Morgan fingerprint density at radius 3 is 2.00 bits per heavy atom. The zero-order valence-corrected chi connectivity index (χ0v) is 7.42. The minimum atomic E-state index is -1.05. The molecular weight excluding hydrogens is 160 g/mol. The van der Waals surface area contributed by atoms with Gasteiger partial charge in [0.25, 0.3) is 0 Å². The molecule has 0 aromatic rings. The van der Waals surface area contributed by atoms with Gasteiger partial charge in [0.15, 0.2) is 0 Å². The first-order valence-corrected chi connectivity index (χ1v) is 3.73. The average molecular weight is 174 g/mol. The molecule has 0 rings (SSSR count). The van der Waals surface area contributed by atoms with Crippen LogP contribution in [0, 0.1) is 0 Å². The molecule has 70 valence electrons. The summed E-state index contributed by atoms with van der Waals surface area (Å²) in [5, 5.41) is 13.2. The summed E-state index contributed by atoms with van der Waals surface area (Å²) < 4.78 is 0. The van der Waals surface area contributed by atoms with E-state index < -0.39 is 18.0 Å². The van der Waals surface area contributed by atoms with Crippen LogP contribution >= 0.6 is 0 Å². The van der Waals surface area contributed by atoms with E-state index in [4.69, 9.17) is 5.11 Å². The van der Waals surface area contributed by atoms with Gasteiger partial charge in [-0.15, -0.1) is 0 Å². The summed E-state index contributed by atoms with van der Waals surface area (Å²) in [6.07, 6.45) is 0. The largest absolute Gasteiger partial charge is 0.480 e. The van der Waals surface area contributed by atoms with E-state index in [0.29, 0.717) is 0 Å². The molecule has 0 unspecified atom stereocenters. The zero-order chi connectivity index (χ0) is 9.72. The summed E-state index contributed by atoms with van der Waals surface area (Å²) in [6.45, 7) is 5.00. The molecule has 0 saturated heterocycles. The second-order valence-corrected chi connectivity index (χ2v) is 2.83.